The number of carbonyl (C=O) groups is 2. The summed E-state index contributed by atoms with van der Waals surface area (Å²) in [6, 6.07) is 9.16. The number of ether oxygens (including phenoxy) is 4. The molecule has 1 aliphatic heterocycles. The Labute approximate surface area is 171 Å². The van der Waals surface area contributed by atoms with Crippen LogP contribution in [-0.2, 0) is 14.3 Å². The summed E-state index contributed by atoms with van der Waals surface area (Å²) in [7, 11) is 1.37. The van der Waals surface area contributed by atoms with Gasteiger partial charge in [-0.3, -0.25) is 14.9 Å². The predicted octanol–water partition coefficient (Wildman–Crippen LogP) is 2.57. The van der Waals surface area contributed by atoms with Gasteiger partial charge >= 0.3 is 5.97 Å². The molecule has 30 heavy (non-hydrogen) atoms. The first-order chi connectivity index (χ1) is 14.5. The van der Waals surface area contributed by atoms with Crippen molar-refractivity contribution in [2.45, 2.75) is 0 Å². The number of nitrogens with zero attached hydrogens (tertiary/aromatic N) is 1. The van der Waals surface area contributed by atoms with E-state index in [2.05, 4.69) is 5.32 Å². The largest absolute Gasteiger partial charge is 0.496 e. The topological polar surface area (TPSA) is 126 Å². The number of esters is 1. The van der Waals surface area contributed by atoms with Crippen LogP contribution in [0.2, 0.25) is 0 Å². The third-order valence-corrected chi connectivity index (χ3v) is 4.00. The fourth-order valence-electron chi connectivity index (χ4n) is 2.59. The molecule has 0 saturated carbocycles. The van der Waals surface area contributed by atoms with E-state index in [-0.39, 0.29) is 17.1 Å². The Bertz CT molecular complexity index is 1000. The smallest absolute Gasteiger partial charge is 0.331 e. The minimum atomic E-state index is -0.746. The first-order valence-corrected chi connectivity index (χ1v) is 8.83. The maximum Gasteiger partial charge on any atom is 0.331 e. The van der Waals surface area contributed by atoms with Gasteiger partial charge in [0.15, 0.2) is 18.1 Å². The lowest BCUT2D eigenvalue weighted by molar-refractivity contribution is -0.384. The number of carbonyl (C=O) groups excluding carboxylic acids is 2. The van der Waals surface area contributed by atoms with Crippen molar-refractivity contribution in [1.82, 2.24) is 0 Å². The number of fused-ring (bicyclic) bond motifs is 1. The number of nitro benzene ring substituents is 1. The molecule has 2 aromatic carbocycles. The van der Waals surface area contributed by atoms with Crippen molar-refractivity contribution < 1.29 is 33.5 Å². The van der Waals surface area contributed by atoms with Crippen molar-refractivity contribution in [1.29, 1.82) is 0 Å². The van der Waals surface area contributed by atoms with E-state index in [4.69, 9.17) is 18.9 Å². The monoisotopic (exact) mass is 414 g/mol. The van der Waals surface area contributed by atoms with E-state index in [0.29, 0.717) is 30.3 Å². The van der Waals surface area contributed by atoms with E-state index in [1.807, 2.05) is 0 Å². The summed E-state index contributed by atoms with van der Waals surface area (Å²) in [5, 5.41) is 13.5. The summed E-state index contributed by atoms with van der Waals surface area (Å²) in [6.45, 7) is 0.327. The number of benzene rings is 2. The van der Waals surface area contributed by atoms with Crippen molar-refractivity contribution in [3.05, 3.63) is 58.2 Å². The lowest BCUT2D eigenvalue weighted by Gasteiger charge is -2.18. The predicted molar refractivity (Wildman–Crippen MR) is 106 cm³/mol. The van der Waals surface area contributed by atoms with Crippen molar-refractivity contribution >= 4 is 29.3 Å². The molecule has 10 nitrogen and oxygen atoms in total. The van der Waals surface area contributed by atoms with Crippen molar-refractivity contribution in [2.75, 3.05) is 32.2 Å². The maximum absolute atomic E-state index is 12.0. The second-order valence-electron chi connectivity index (χ2n) is 6.03. The minimum absolute atomic E-state index is 0.0336. The molecule has 1 amide bonds. The minimum Gasteiger partial charge on any atom is -0.496 e. The van der Waals surface area contributed by atoms with Gasteiger partial charge in [-0.1, -0.05) is 6.07 Å². The number of nitrogens with one attached hydrogen (secondary N) is 1. The summed E-state index contributed by atoms with van der Waals surface area (Å²) in [5.74, 6) is 0.0199. The zero-order valence-corrected chi connectivity index (χ0v) is 16.0. The second kappa shape index (κ2) is 9.41. The second-order valence-corrected chi connectivity index (χ2v) is 6.03. The van der Waals surface area contributed by atoms with Crippen LogP contribution >= 0.6 is 0 Å². The molecule has 0 fully saturated rings. The molecular weight excluding hydrogens is 396 g/mol. The highest BCUT2D eigenvalue weighted by Crippen LogP contribution is 2.31. The van der Waals surface area contributed by atoms with Gasteiger partial charge in [0.2, 0.25) is 0 Å². The van der Waals surface area contributed by atoms with Crippen molar-refractivity contribution in [2.24, 2.45) is 0 Å². The Morgan fingerprint density at radius 2 is 1.93 bits per heavy atom. The molecule has 0 unspecified atom stereocenters. The Balaban J connectivity index is 1.54. The fraction of sp³-hybridized carbons (Fsp3) is 0.200. The lowest BCUT2D eigenvalue weighted by atomic mass is 10.2. The van der Waals surface area contributed by atoms with Crippen molar-refractivity contribution in [3.8, 4) is 17.2 Å². The normalized spacial score (nSPS) is 12.3. The molecule has 0 radical (unpaired) electrons. The van der Waals surface area contributed by atoms with E-state index in [9.17, 15) is 19.7 Å². The first kappa shape index (κ1) is 20.6. The van der Waals surface area contributed by atoms with Gasteiger partial charge in [-0.15, -0.1) is 0 Å². The van der Waals surface area contributed by atoms with Crippen LogP contribution in [0.4, 0.5) is 11.4 Å². The highest BCUT2D eigenvalue weighted by atomic mass is 16.6. The lowest BCUT2D eigenvalue weighted by Crippen LogP contribution is -2.20. The molecule has 156 valence electrons. The third-order valence-electron chi connectivity index (χ3n) is 4.00. The molecule has 1 heterocycles. The van der Waals surface area contributed by atoms with E-state index in [1.165, 1.54) is 31.4 Å². The molecule has 0 aliphatic carbocycles. The standard InChI is InChI=1S/C20H18N2O8/c1-27-14-4-5-15(16(11-14)22(25)26)21-19(23)12-30-20(24)7-3-13-2-6-17-18(10-13)29-9-8-28-17/h2-7,10-11H,8-9,12H2,1H3,(H,21,23)/b7-3+. The average molecular weight is 414 g/mol. The van der Waals surface area contributed by atoms with E-state index < -0.39 is 23.4 Å². The highest BCUT2D eigenvalue weighted by molar-refractivity contribution is 5.96. The van der Waals surface area contributed by atoms with Crippen LogP contribution in [0.25, 0.3) is 6.08 Å². The van der Waals surface area contributed by atoms with Crippen LogP contribution in [0.15, 0.2) is 42.5 Å². The molecule has 0 bridgehead atoms. The number of nitro groups is 1. The summed E-state index contributed by atoms with van der Waals surface area (Å²) >= 11 is 0. The molecule has 1 aliphatic rings. The van der Waals surface area contributed by atoms with Crippen LogP contribution in [0, 0.1) is 10.1 Å². The third kappa shape index (κ3) is 5.25. The number of hydrogen-bond donors (Lipinski definition) is 1. The van der Waals surface area contributed by atoms with Crippen molar-refractivity contribution in [3.63, 3.8) is 0 Å². The van der Waals surface area contributed by atoms with Gasteiger partial charge in [0, 0.05) is 6.08 Å². The summed E-state index contributed by atoms with van der Waals surface area (Å²) in [4.78, 5) is 34.3. The molecule has 0 saturated heterocycles. The molecule has 0 spiro atoms. The van der Waals surface area contributed by atoms with Gasteiger partial charge < -0.3 is 24.3 Å². The number of methoxy groups -OCH3 is 1. The number of anilines is 1. The van der Waals surface area contributed by atoms with Gasteiger partial charge in [-0.05, 0) is 35.9 Å². The molecule has 0 aromatic heterocycles. The SMILES string of the molecule is COc1ccc(NC(=O)COC(=O)/C=C/c2ccc3c(c2)OCCO3)c([N+](=O)[O-])c1. The Morgan fingerprint density at radius 1 is 1.17 bits per heavy atom. The van der Waals surface area contributed by atoms with Crippen LogP contribution < -0.4 is 19.5 Å². The average Bonchev–Trinajstić information content (AvgIpc) is 2.76. The van der Waals surface area contributed by atoms with Crippen LogP contribution in [0.3, 0.4) is 0 Å². The maximum atomic E-state index is 12.0. The van der Waals surface area contributed by atoms with Crippen LogP contribution in [-0.4, -0.2) is 43.7 Å². The highest BCUT2D eigenvalue weighted by Gasteiger charge is 2.18. The first-order valence-electron chi connectivity index (χ1n) is 8.83. The molecule has 3 rings (SSSR count). The molecule has 0 atom stereocenters. The van der Waals surface area contributed by atoms with E-state index in [1.54, 1.807) is 18.2 Å². The zero-order valence-electron chi connectivity index (χ0n) is 16.0. The fourth-order valence-corrected chi connectivity index (χ4v) is 2.59. The molecule has 10 heteroatoms. The quantitative estimate of drug-likeness (QED) is 0.317. The van der Waals surface area contributed by atoms with Gasteiger partial charge in [-0.2, -0.15) is 0 Å². The van der Waals surface area contributed by atoms with Gasteiger partial charge in [0.05, 0.1) is 18.1 Å². The Hall–Kier alpha value is -4.08. The molecular formula is C20H18N2O8. The van der Waals surface area contributed by atoms with Gasteiger partial charge in [0.25, 0.3) is 11.6 Å². The number of amides is 1. The summed E-state index contributed by atoms with van der Waals surface area (Å²) in [5.41, 5.74) is 0.315. The van der Waals surface area contributed by atoms with Gasteiger partial charge in [-0.25, -0.2) is 4.79 Å². The van der Waals surface area contributed by atoms with Gasteiger partial charge in [0.1, 0.15) is 24.7 Å². The Kier molecular flexibility index (Phi) is 6.48. The number of rotatable bonds is 7. The van der Waals surface area contributed by atoms with Crippen LogP contribution in [0.1, 0.15) is 5.56 Å². The van der Waals surface area contributed by atoms with Crippen LogP contribution in [0.5, 0.6) is 17.2 Å². The number of hydrogen-bond acceptors (Lipinski definition) is 8. The van der Waals surface area contributed by atoms with E-state index >= 15 is 0 Å². The molecule has 1 N–H and O–H groups in total. The summed E-state index contributed by atoms with van der Waals surface area (Å²) < 4.78 is 20.7. The zero-order chi connectivity index (χ0) is 21.5. The molecule has 2 aromatic rings. The Morgan fingerprint density at radius 3 is 2.67 bits per heavy atom. The van der Waals surface area contributed by atoms with E-state index in [0.717, 1.165) is 6.08 Å². The summed E-state index contributed by atoms with van der Waals surface area (Å²) in [6.07, 6.45) is 2.67.